The number of halogens is 1. The van der Waals surface area contributed by atoms with Crippen LogP contribution in [0.2, 0.25) is 0 Å². The molecule has 2 aromatic heterocycles. The van der Waals surface area contributed by atoms with Crippen LogP contribution in [0.3, 0.4) is 0 Å². The number of nitrogens with zero attached hydrogens (tertiary/aromatic N) is 2. The molecule has 1 aromatic carbocycles. The fourth-order valence-corrected chi connectivity index (χ4v) is 2.17. The van der Waals surface area contributed by atoms with Gasteiger partial charge in [-0.1, -0.05) is 18.2 Å². The number of rotatable bonds is 3. The number of carbonyl (C=O) groups excluding carboxylic acids is 1. The smallest absolute Gasteiger partial charge is 0.253 e. The van der Waals surface area contributed by atoms with Gasteiger partial charge >= 0.3 is 0 Å². The van der Waals surface area contributed by atoms with Gasteiger partial charge in [0.1, 0.15) is 11.5 Å². The van der Waals surface area contributed by atoms with Gasteiger partial charge in [0.25, 0.3) is 5.91 Å². The van der Waals surface area contributed by atoms with Gasteiger partial charge in [-0.3, -0.25) is 4.79 Å². The van der Waals surface area contributed by atoms with Crippen LogP contribution in [0.4, 0.5) is 4.39 Å². The molecular weight excluding hydrogens is 269 g/mol. The van der Waals surface area contributed by atoms with Crippen LogP contribution in [0.15, 0.2) is 48.8 Å². The molecule has 0 radical (unpaired) electrons. The summed E-state index contributed by atoms with van der Waals surface area (Å²) in [4.78, 5) is 16.4. The minimum Gasteiger partial charge on any atom is -0.348 e. The Balaban J connectivity index is 1.76. The Morgan fingerprint density at radius 2 is 2.05 bits per heavy atom. The van der Waals surface area contributed by atoms with Crippen molar-refractivity contribution in [1.29, 1.82) is 0 Å². The van der Waals surface area contributed by atoms with Crippen molar-refractivity contribution in [3.8, 4) is 0 Å². The first-order valence-corrected chi connectivity index (χ1v) is 6.60. The summed E-state index contributed by atoms with van der Waals surface area (Å²) < 4.78 is 15.3. The van der Waals surface area contributed by atoms with Gasteiger partial charge in [0.2, 0.25) is 0 Å². The van der Waals surface area contributed by atoms with Crippen molar-refractivity contribution in [2.24, 2.45) is 0 Å². The number of imidazole rings is 1. The van der Waals surface area contributed by atoms with E-state index in [0.717, 1.165) is 11.3 Å². The molecule has 0 aliphatic rings. The zero-order valence-corrected chi connectivity index (χ0v) is 11.5. The molecule has 4 nitrogen and oxygen atoms in total. The number of aryl methyl sites for hydroxylation is 1. The number of fused-ring (bicyclic) bond motifs is 1. The van der Waals surface area contributed by atoms with Crippen molar-refractivity contribution >= 4 is 11.6 Å². The number of carbonyl (C=O) groups is 1. The monoisotopic (exact) mass is 283 g/mol. The molecule has 2 heterocycles. The Bertz CT molecular complexity index is 810. The molecule has 0 bridgehead atoms. The fraction of sp³-hybridized carbons (Fsp3) is 0.125. The second-order valence-corrected chi connectivity index (χ2v) is 4.84. The normalized spacial score (nSPS) is 10.8. The molecular formula is C16H14FN3O. The van der Waals surface area contributed by atoms with Gasteiger partial charge in [0, 0.05) is 24.5 Å². The first-order chi connectivity index (χ1) is 10.1. The Morgan fingerprint density at radius 1 is 1.24 bits per heavy atom. The fourth-order valence-electron chi connectivity index (χ4n) is 2.17. The number of benzene rings is 1. The average molecular weight is 283 g/mol. The van der Waals surface area contributed by atoms with Gasteiger partial charge in [-0.25, -0.2) is 9.37 Å². The SMILES string of the molecule is Cc1cn2cc(C(=O)NCc3ccccc3F)ccc2n1. The molecule has 0 saturated heterocycles. The summed E-state index contributed by atoms with van der Waals surface area (Å²) in [5.41, 5.74) is 2.65. The van der Waals surface area contributed by atoms with Crippen LogP contribution in [0.1, 0.15) is 21.6 Å². The molecule has 3 rings (SSSR count). The van der Waals surface area contributed by atoms with E-state index in [1.54, 1.807) is 40.9 Å². The van der Waals surface area contributed by atoms with Crippen LogP contribution in [0, 0.1) is 12.7 Å². The number of amides is 1. The first-order valence-electron chi connectivity index (χ1n) is 6.60. The lowest BCUT2D eigenvalue weighted by atomic mass is 10.2. The molecule has 0 spiro atoms. The lowest BCUT2D eigenvalue weighted by Crippen LogP contribution is -2.23. The number of hydrogen-bond donors (Lipinski definition) is 1. The lowest BCUT2D eigenvalue weighted by molar-refractivity contribution is 0.0950. The highest BCUT2D eigenvalue weighted by atomic mass is 19.1. The zero-order valence-electron chi connectivity index (χ0n) is 11.5. The van der Waals surface area contributed by atoms with E-state index in [4.69, 9.17) is 0 Å². The van der Waals surface area contributed by atoms with Gasteiger partial charge in [0.15, 0.2) is 0 Å². The highest BCUT2D eigenvalue weighted by Crippen LogP contribution is 2.09. The molecule has 0 fully saturated rings. The largest absolute Gasteiger partial charge is 0.348 e. The van der Waals surface area contributed by atoms with Crippen LogP contribution >= 0.6 is 0 Å². The number of aromatic nitrogens is 2. The van der Waals surface area contributed by atoms with Crippen molar-refractivity contribution < 1.29 is 9.18 Å². The summed E-state index contributed by atoms with van der Waals surface area (Å²) in [7, 11) is 0. The third-order valence-corrected chi connectivity index (χ3v) is 3.23. The third kappa shape index (κ3) is 2.76. The van der Waals surface area contributed by atoms with E-state index in [9.17, 15) is 9.18 Å². The highest BCUT2D eigenvalue weighted by Gasteiger charge is 2.08. The molecule has 1 N–H and O–H groups in total. The van der Waals surface area contributed by atoms with E-state index in [1.165, 1.54) is 6.07 Å². The molecule has 3 aromatic rings. The topological polar surface area (TPSA) is 46.4 Å². The van der Waals surface area contributed by atoms with Crippen molar-refractivity contribution in [2.45, 2.75) is 13.5 Å². The van der Waals surface area contributed by atoms with E-state index < -0.39 is 0 Å². The maximum Gasteiger partial charge on any atom is 0.253 e. The summed E-state index contributed by atoms with van der Waals surface area (Å²) in [6.45, 7) is 2.05. The first kappa shape index (κ1) is 13.3. The van der Waals surface area contributed by atoms with E-state index in [-0.39, 0.29) is 18.3 Å². The van der Waals surface area contributed by atoms with E-state index in [1.807, 2.05) is 13.1 Å². The highest BCUT2D eigenvalue weighted by molar-refractivity contribution is 5.94. The van der Waals surface area contributed by atoms with Crippen molar-refractivity contribution in [3.05, 3.63) is 71.4 Å². The van der Waals surface area contributed by atoms with Crippen LogP contribution in [-0.2, 0) is 6.54 Å². The van der Waals surface area contributed by atoms with Gasteiger partial charge < -0.3 is 9.72 Å². The van der Waals surface area contributed by atoms with Crippen LogP contribution in [-0.4, -0.2) is 15.3 Å². The minimum atomic E-state index is -0.321. The molecule has 0 atom stereocenters. The predicted octanol–water partition coefficient (Wildman–Crippen LogP) is 2.71. The van der Waals surface area contributed by atoms with Gasteiger partial charge in [-0.05, 0) is 25.1 Å². The van der Waals surface area contributed by atoms with Crippen molar-refractivity contribution in [1.82, 2.24) is 14.7 Å². The predicted molar refractivity (Wildman–Crippen MR) is 77.5 cm³/mol. The average Bonchev–Trinajstić information content (AvgIpc) is 2.85. The zero-order chi connectivity index (χ0) is 14.8. The van der Waals surface area contributed by atoms with Crippen molar-refractivity contribution in [2.75, 3.05) is 0 Å². The standard InChI is InChI=1S/C16H14FN3O/c1-11-9-20-10-13(6-7-15(20)19-11)16(21)18-8-12-4-2-3-5-14(12)17/h2-7,9-10H,8H2,1H3,(H,18,21). The number of nitrogens with one attached hydrogen (secondary N) is 1. The van der Waals surface area contributed by atoms with Gasteiger partial charge in [-0.2, -0.15) is 0 Å². The molecule has 106 valence electrons. The van der Waals surface area contributed by atoms with Crippen LogP contribution in [0.5, 0.6) is 0 Å². The summed E-state index contributed by atoms with van der Waals surface area (Å²) in [6, 6.07) is 9.88. The second kappa shape index (κ2) is 5.36. The van der Waals surface area contributed by atoms with E-state index in [2.05, 4.69) is 10.3 Å². The summed E-state index contributed by atoms with van der Waals surface area (Å²) >= 11 is 0. The second-order valence-electron chi connectivity index (χ2n) is 4.84. The molecule has 0 aliphatic carbocycles. The lowest BCUT2D eigenvalue weighted by Gasteiger charge is -2.06. The molecule has 0 saturated carbocycles. The minimum absolute atomic E-state index is 0.159. The Labute approximate surface area is 121 Å². The Morgan fingerprint density at radius 3 is 2.86 bits per heavy atom. The quantitative estimate of drug-likeness (QED) is 0.803. The maximum absolute atomic E-state index is 13.5. The van der Waals surface area contributed by atoms with Crippen LogP contribution < -0.4 is 5.32 Å². The van der Waals surface area contributed by atoms with Crippen LogP contribution in [0.25, 0.3) is 5.65 Å². The summed E-state index contributed by atoms with van der Waals surface area (Å²) in [5, 5.41) is 2.71. The summed E-state index contributed by atoms with van der Waals surface area (Å²) in [6.07, 6.45) is 3.56. The van der Waals surface area contributed by atoms with E-state index >= 15 is 0 Å². The summed E-state index contributed by atoms with van der Waals surface area (Å²) in [5.74, 6) is -0.565. The molecule has 21 heavy (non-hydrogen) atoms. The maximum atomic E-state index is 13.5. The Kier molecular flexibility index (Phi) is 3.39. The number of hydrogen-bond acceptors (Lipinski definition) is 2. The molecule has 0 unspecified atom stereocenters. The Hall–Kier alpha value is -2.69. The van der Waals surface area contributed by atoms with Gasteiger partial charge in [-0.15, -0.1) is 0 Å². The molecule has 0 aliphatic heterocycles. The van der Waals surface area contributed by atoms with Gasteiger partial charge in [0.05, 0.1) is 11.3 Å². The van der Waals surface area contributed by atoms with Crippen molar-refractivity contribution in [3.63, 3.8) is 0 Å². The van der Waals surface area contributed by atoms with E-state index in [0.29, 0.717) is 11.1 Å². The third-order valence-electron chi connectivity index (χ3n) is 3.23. The molecule has 5 heteroatoms. The number of pyridine rings is 1. The molecule has 1 amide bonds.